The standard InChI is InChI=1S/C16H25N3.C10H12.C2H6/c1-14(2)6-5-9-17-10-8-15-12-18-16-7-3-4-11-19(16)13-15;1-2-6-10-8-4-3-7-9(10)5-1;1-2/h3-4,7,11,13-14,17H,5-6,8-10,12H2,1-2H3;1-3,6-7,9H,4-5,8H2;1-2H3. The van der Waals surface area contributed by atoms with Crippen LogP contribution in [0.25, 0.3) is 0 Å². The Hall–Kier alpha value is -2.13. The normalized spacial score (nSPS) is 20.5. The van der Waals surface area contributed by atoms with Gasteiger partial charge >= 0.3 is 0 Å². The van der Waals surface area contributed by atoms with E-state index in [0.717, 1.165) is 43.7 Å². The van der Waals surface area contributed by atoms with Crippen LogP contribution in [0.3, 0.4) is 0 Å². The molecular weight excluding hydrogens is 378 g/mol. The van der Waals surface area contributed by atoms with Gasteiger partial charge in [0.15, 0.2) is 0 Å². The summed E-state index contributed by atoms with van der Waals surface area (Å²) in [6.07, 6.45) is 29.2. The molecule has 31 heavy (non-hydrogen) atoms. The third-order valence-corrected chi connectivity index (χ3v) is 5.67. The minimum atomic E-state index is 0.749. The third kappa shape index (κ3) is 9.26. The number of aliphatic imine (C=N–C) groups is 1. The molecule has 3 heteroatoms. The van der Waals surface area contributed by atoms with E-state index in [0.29, 0.717) is 0 Å². The van der Waals surface area contributed by atoms with Crippen molar-refractivity contribution in [1.29, 1.82) is 0 Å². The summed E-state index contributed by atoms with van der Waals surface area (Å²) in [6, 6.07) is 0. The number of allylic oxidation sites excluding steroid dienone is 8. The number of hydrogen-bond donors (Lipinski definition) is 1. The summed E-state index contributed by atoms with van der Waals surface area (Å²) in [5.74, 6) is 2.62. The Morgan fingerprint density at radius 2 is 2.00 bits per heavy atom. The van der Waals surface area contributed by atoms with Crippen LogP contribution in [0.2, 0.25) is 0 Å². The van der Waals surface area contributed by atoms with Crippen molar-refractivity contribution in [3.05, 3.63) is 72.2 Å². The molecule has 2 heterocycles. The fraction of sp³-hybridized carbons (Fsp3) is 0.536. The first-order valence-corrected chi connectivity index (χ1v) is 12.3. The average molecular weight is 422 g/mol. The van der Waals surface area contributed by atoms with Crippen molar-refractivity contribution in [1.82, 2.24) is 10.2 Å². The highest BCUT2D eigenvalue weighted by Gasteiger charge is 2.14. The summed E-state index contributed by atoms with van der Waals surface area (Å²) in [5, 5.41) is 3.52. The van der Waals surface area contributed by atoms with Crippen LogP contribution in [0.15, 0.2) is 77.1 Å². The highest BCUT2D eigenvalue weighted by Crippen LogP contribution is 2.29. The molecule has 4 aliphatic rings. The van der Waals surface area contributed by atoms with Crippen molar-refractivity contribution in [2.75, 3.05) is 19.6 Å². The molecule has 4 rings (SSSR count). The van der Waals surface area contributed by atoms with Crippen molar-refractivity contribution >= 4 is 5.84 Å². The third-order valence-electron chi connectivity index (χ3n) is 5.67. The number of fused-ring (bicyclic) bond motifs is 2. The summed E-state index contributed by atoms with van der Waals surface area (Å²) < 4.78 is 0. The largest absolute Gasteiger partial charge is 0.316 e. The van der Waals surface area contributed by atoms with Gasteiger partial charge < -0.3 is 10.2 Å². The van der Waals surface area contributed by atoms with Crippen molar-refractivity contribution in [3.63, 3.8) is 0 Å². The van der Waals surface area contributed by atoms with E-state index in [1.54, 1.807) is 5.57 Å². The quantitative estimate of drug-likeness (QED) is 0.356. The monoisotopic (exact) mass is 421 g/mol. The summed E-state index contributed by atoms with van der Waals surface area (Å²) in [7, 11) is 0. The van der Waals surface area contributed by atoms with E-state index in [2.05, 4.69) is 77.9 Å². The topological polar surface area (TPSA) is 27.6 Å². The fourth-order valence-electron chi connectivity index (χ4n) is 3.94. The van der Waals surface area contributed by atoms with Gasteiger partial charge in [-0.2, -0.15) is 0 Å². The van der Waals surface area contributed by atoms with E-state index in [4.69, 9.17) is 0 Å². The lowest BCUT2D eigenvalue weighted by molar-refractivity contribution is 0.527. The minimum absolute atomic E-state index is 0.749. The van der Waals surface area contributed by atoms with Crippen molar-refractivity contribution in [2.45, 2.75) is 66.2 Å². The molecule has 0 bridgehead atoms. The van der Waals surface area contributed by atoms with Crippen LogP contribution in [0.1, 0.15) is 66.2 Å². The van der Waals surface area contributed by atoms with Crippen LogP contribution in [0.5, 0.6) is 0 Å². The zero-order valence-corrected chi connectivity index (χ0v) is 20.2. The van der Waals surface area contributed by atoms with Gasteiger partial charge in [0.1, 0.15) is 5.84 Å². The van der Waals surface area contributed by atoms with Gasteiger partial charge in [0.25, 0.3) is 0 Å². The van der Waals surface area contributed by atoms with Crippen molar-refractivity contribution < 1.29 is 0 Å². The predicted molar refractivity (Wildman–Crippen MR) is 137 cm³/mol. The molecule has 2 aliphatic carbocycles. The van der Waals surface area contributed by atoms with Crippen LogP contribution in [0.4, 0.5) is 0 Å². The molecule has 0 aromatic heterocycles. The zero-order chi connectivity index (χ0) is 22.3. The van der Waals surface area contributed by atoms with Gasteiger partial charge in [0.2, 0.25) is 0 Å². The summed E-state index contributed by atoms with van der Waals surface area (Å²) in [4.78, 5) is 6.69. The maximum Gasteiger partial charge on any atom is 0.131 e. The lowest BCUT2D eigenvalue weighted by Gasteiger charge is -2.24. The molecular formula is C28H43N3. The van der Waals surface area contributed by atoms with E-state index >= 15 is 0 Å². The molecule has 2 aliphatic heterocycles. The van der Waals surface area contributed by atoms with E-state index in [9.17, 15) is 0 Å². The number of rotatable bonds is 7. The van der Waals surface area contributed by atoms with Crippen LogP contribution in [0, 0.1) is 11.8 Å². The molecule has 0 aromatic carbocycles. The van der Waals surface area contributed by atoms with Crippen LogP contribution >= 0.6 is 0 Å². The first-order chi connectivity index (χ1) is 15.2. The molecule has 170 valence electrons. The number of amidine groups is 1. The molecule has 0 spiro atoms. The van der Waals surface area contributed by atoms with Gasteiger partial charge in [0, 0.05) is 18.3 Å². The molecule has 1 atom stereocenters. The molecule has 0 saturated heterocycles. The highest BCUT2D eigenvalue weighted by atomic mass is 15.2. The molecule has 0 radical (unpaired) electrons. The fourth-order valence-corrected chi connectivity index (χ4v) is 3.94. The van der Waals surface area contributed by atoms with E-state index in [1.807, 2.05) is 26.0 Å². The second-order valence-electron chi connectivity index (χ2n) is 8.58. The Morgan fingerprint density at radius 3 is 2.81 bits per heavy atom. The minimum Gasteiger partial charge on any atom is -0.316 e. The summed E-state index contributed by atoms with van der Waals surface area (Å²) >= 11 is 0. The first-order valence-electron chi connectivity index (χ1n) is 12.3. The Labute approximate surface area is 191 Å². The Balaban J connectivity index is 0.000000237. The second kappa shape index (κ2) is 14.8. The smallest absolute Gasteiger partial charge is 0.131 e. The molecule has 0 fully saturated rings. The maximum atomic E-state index is 4.58. The van der Waals surface area contributed by atoms with Gasteiger partial charge in [0.05, 0.1) is 6.54 Å². The molecule has 0 saturated carbocycles. The number of nitrogens with one attached hydrogen (secondary N) is 1. The molecule has 0 amide bonds. The van der Waals surface area contributed by atoms with Gasteiger partial charge in [-0.25, -0.2) is 0 Å². The molecule has 0 aromatic rings. The van der Waals surface area contributed by atoms with Gasteiger partial charge in [-0.05, 0) is 75.3 Å². The van der Waals surface area contributed by atoms with Gasteiger partial charge in [-0.3, -0.25) is 4.99 Å². The summed E-state index contributed by atoms with van der Waals surface area (Å²) in [5.41, 5.74) is 3.03. The highest BCUT2D eigenvalue weighted by molar-refractivity contribution is 5.96. The van der Waals surface area contributed by atoms with E-state index in [1.165, 1.54) is 37.7 Å². The Bertz CT molecular complexity index is 731. The maximum absolute atomic E-state index is 4.58. The lowest BCUT2D eigenvalue weighted by Crippen LogP contribution is -2.26. The van der Waals surface area contributed by atoms with Crippen molar-refractivity contribution in [3.8, 4) is 0 Å². The van der Waals surface area contributed by atoms with E-state index in [-0.39, 0.29) is 0 Å². The number of nitrogens with zero attached hydrogens (tertiary/aromatic N) is 2. The van der Waals surface area contributed by atoms with Crippen LogP contribution in [-0.4, -0.2) is 30.4 Å². The number of hydrogen-bond acceptors (Lipinski definition) is 3. The first kappa shape index (κ1) is 25.1. The molecule has 1 N–H and O–H groups in total. The predicted octanol–water partition coefficient (Wildman–Crippen LogP) is 6.95. The SMILES string of the molecule is C1=CCC2C=CCCC2=C1.CC.CC(C)CCCNCCC1=CN2C=CC=CC2=NC1. The molecule has 1 unspecified atom stereocenters. The summed E-state index contributed by atoms with van der Waals surface area (Å²) in [6.45, 7) is 11.6. The second-order valence-corrected chi connectivity index (χ2v) is 8.58. The van der Waals surface area contributed by atoms with Gasteiger partial charge in [-0.1, -0.05) is 69.7 Å². The molecule has 3 nitrogen and oxygen atoms in total. The van der Waals surface area contributed by atoms with Gasteiger partial charge in [-0.15, -0.1) is 0 Å². The van der Waals surface area contributed by atoms with Crippen LogP contribution in [-0.2, 0) is 0 Å². The Kier molecular flexibility index (Phi) is 12.0. The van der Waals surface area contributed by atoms with E-state index < -0.39 is 0 Å². The Morgan fingerprint density at radius 1 is 1.13 bits per heavy atom. The zero-order valence-electron chi connectivity index (χ0n) is 20.2. The van der Waals surface area contributed by atoms with Crippen molar-refractivity contribution in [2.24, 2.45) is 16.8 Å². The lowest BCUT2D eigenvalue weighted by atomic mass is 9.85. The van der Waals surface area contributed by atoms with Crippen LogP contribution < -0.4 is 5.32 Å². The average Bonchev–Trinajstić information content (AvgIpc) is 2.83.